The van der Waals surface area contributed by atoms with Crippen molar-refractivity contribution in [1.29, 1.82) is 0 Å². The third-order valence-corrected chi connectivity index (χ3v) is 5.81. The second-order valence-electron chi connectivity index (χ2n) is 7.78. The van der Waals surface area contributed by atoms with Crippen LogP contribution in [0.2, 0.25) is 0 Å². The number of aromatic hydroxyl groups is 1. The molecular formula is C24H21NO6. The van der Waals surface area contributed by atoms with Gasteiger partial charge in [0.2, 0.25) is 6.79 Å². The van der Waals surface area contributed by atoms with Gasteiger partial charge in [0.1, 0.15) is 11.5 Å². The number of phenols is 1. The normalized spacial score (nSPS) is 16.7. The summed E-state index contributed by atoms with van der Waals surface area (Å²) >= 11 is 0. The maximum Gasteiger partial charge on any atom is 0.312 e. The smallest absolute Gasteiger partial charge is 0.312 e. The number of carbonyl (C=O) groups excluding carboxylic acids is 1. The molecule has 2 aliphatic heterocycles. The molecule has 0 saturated carbocycles. The van der Waals surface area contributed by atoms with Gasteiger partial charge in [-0.05, 0) is 48.7 Å². The fraction of sp³-hybridized carbons (Fsp3) is 0.250. The number of carbonyl (C=O) groups is 1. The summed E-state index contributed by atoms with van der Waals surface area (Å²) in [6.45, 7) is 2.46. The molecule has 3 heterocycles. The molecule has 1 atom stereocenters. The molecule has 0 bridgehead atoms. The number of hydrogen-bond acceptors (Lipinski definition) is 6. The fourth-order valence-electron chi connectivity index (χ4n) is 4.19. The van der Waals surface area contributed by atoms with Gasteiger partial charge in [-0.15, -0.1) is 0 Å². The molecule has 0 spiro atoms. The van der Waals surface area contributed by atoms with Crippen molar-refractivity contribution in [2.75, 3.05) is 6.79 Å². The molecule has 7 nitrogen and oxygen atoms in total. The summed E-state index contributed by atoms with van der Waals surface area (Å²) in [6, 6.07) is 14.2. The first kappa shape index (κ1) is 19.2. The maximum atomic E-state index is 13.5. The van der Waals surface area contributed by atoms with Crippen LogP contribution < -0.4 is 19.8 Å². The van der Waals surface area contributed by atoms with Crippen LogP contribution in [0.15, 0.2) is 53.3 Å². The van der Waals surface area contributed by atoms with Gasteiger partial charge in [-0.1, -0.05) is 18.2 Å². The predicted molar refractivity (Wildman–Crippen MR) is 112 cm³/mol. The third kappa shape index (κ3) is 3.52. The summed E-state index contributed by atoms with van der Waals surface area (Å²) in [5, 5.41) is 9.47. The molecule has 0 saturated heterocycles. The number of pyridine rings is 1. The van der Waals surface area contributed by atoms with Crippen LogP contribution in [0.4, 0.5) is 0 Å². The van der Waals surface area contributed by atoms with E-state index in [0.717, 1.165) is 16.8 Å². The molecule has 2 aliphatic rings. The van der Waals surface area contributed by atoms with Gasteiger partial charge in [0.25, 0.3) is 5.56 Å². The lowest BCUT2D eigenvalue weighted by molar-refractivity contribution is -0.135. The molecule has 3 aromatic rings. The van der Waals surface area contributed by atoms with Crippen molar-refractivity contribution < 1.29 is 24.1 Å². The average molecular weight is 419 g/mol. The highest BCUT2D eigenvalue weighted by molar-refractivity contribution is 5.77. The lowest BCUT2D eigenvalue weighted by Gasteiger charge is -2.26. The number of ether oxygens (including phenoxy) is 3. The number of aryl methyl sites for hydroxylation is 2. The quantitative estimate of drug-likeness (QED) is 0.653. The summed E-state index contributed by atoms with van der Waals surface area (Å²) in [5.41, 5.74) is 2.87. The van der Waals surface area contributed by atoms with Gasteiger partial charge >= 0.3 is 5.97 Å². The molecule has 31 heavy (non-hydrogen) atoms. The summed E-state index contributed by atoms with van der Waals surface area (Å²) < 4.78 is 18.0. The standard InChI is InChI=1S/C24H21NO6/c1-14-10-21-23(24(28)25(14)9-8-15-2-5-17(26)6-3-15)18(12-22(27)31-21)16-4-7-19-20(11-16)30-13-29-19/h2-7,10-11,18,26H,8-9,12-13H2,1H3. The van der Waals surface area contributed by atoms with Crippen LogP contribution >= 0.6 is 0 Å². The van der Waals surface area contributed by atoms with Crippen LogP contribution in [0.1, 0.15) is 34.7 Å². The second-order valence-corrected chi connectivity index (χ2v) is 7.78. The monoisotopic (exact) mass is 419 g/mol. The molecule has 0 radical (unpaired) electrons. The zero-order valence-electron chi connectivity index (χ0n) is 17.0. The number of hydrogen-bond donors (Lipinski definition) is 1. The van der Waals surface area contributed by atoms with E-state index in [2.05, 4.69) is 0 Å². The van der Waals surface area contributed by atoms with Gasteiger partial charge in [0, 0.05) is 24.2 Å². The first-order chi connectivity index (χ1) is 15.0. The Bertz CT molecular complexity index is 1230. The van der Waals surface area contributed by atoms with Gasteiger partial charge in [-0.2, -0.15) is 0 Å². The van der Waals surface area contributed by atoms with Crippen LogP contribution in [0, 0.1) is 6.92 Å². The molecule has 0 aliphatic carbocycles. The molecule has 7 heteroatoms. The largest absolute Gasteiger partial charge is 0.508 e. The van der Waals surface area contributed by atoms with Crippen molar-refractivity contribution in [3.63, 3.8) is 0 Å². The van der Waals surface area contributed by atoms with Crippen LogP contribution in [0.5, 0.6) is 23.0 Å². The van der Waals surface area contributed by atoms with Crippen molar-refractivity contribution in [3.8, 4) is 23.0 Å². The Balaban J connectivity index is 1.53. The Morgan fingerprint density at radius 3 is 2.58 bits per heavy atom. The van der Waals surface area contributed by atoms with Crippen LogP contribution in [0.3, 0.4) is 0 Å². The molecule has 158 valence electrons. The molecular weight excluding hydrogens is 398 g/mol. The van der Waals surface area contributed by atoms with E-state index in [-0.39, 0.29) is 30.5 Å². The van der Waals surface area contributed by atoms with Gasteiger partial charge < -0.3 is 23.9 Å². The van der Waals surface area contributed by atoms with Crippen LogP contribution in [-0.2, 0) is 17.8 Å². The predicted octanol–water partition coefficient (Wildman–Crippen LogP) is 3.27. The van der Waals surface area contributed by atoms with E-state index in [0.29, 0.717) is 35.8 Å². The Labute approximate surface area is 178 Å². The minimum Gasteiger partial charge on any atom is -0.508 e. The summed E-state index contributed by atoms with van der Waals surface area (Å²) in [4.78, 5) is 25.8. The highest BCUT2D eigenvalue weighted by Crippen LogP contribution is 2.41. The van der Waals surface area contributed by atoms with Crippen molar-refractivity contribution in [1.82, 2.24) is 4.57 Å². The summed E-state index contributed by atoms with van der Waals surface area (Å²) in [6.07, 6.45) is 0.719. The average Bonchev–Trinajstić information content (AvgIpc) is 3.22. The topological polar surface area (TPSA) is 87.0 Å². The second kappa shape index (κ2) is 7.50. The minimum atomic E-state index is -0.418. The number of rotatable bonds is 4. The highest BCUT2D eigenvalue weighted by atomic mass is 16.7. The van der Waals surface area contributed by atoms with Gasteiger partial charge in [0.05, 0.1) is 12.0 Å². The molecule has 1 N–H and O–H groups in total. The number of aromatic nitrogens is 1. The first-order valence-corrected chi connectivity index (χ1v) is 10.1. The lowest BCUT2D eigenvalue weighted by atomic mass is 9.86. The van der Waals surface area contributed by atoms with Crippen molar-refractivity contribution in [3.05, 3.63) is 81.3 Å². The summed E-state index contributed by atoms with van der Waals surface area (Å²) in [7, 11) is 0. The van der Waals surface area contributed by atoms with E-state index >= 15 is 0 Å². The lowest BCUT2D eigenvalue weighted by Crippen LogP contribution is -2.33. The molecule has 0 fully saturated rings. The highest BCUT2D eigenvalue weighted by Gasteiger charge is 2.33. The summed E-state index contributed by atoms with van der Waals surface area (Å²) in [5.74, 6) is 1.01. The van der Waals surface area contributed by atoms with Gasteiger partial charge in [0.15, 0.2) is 11.5 Å². The molecule has 0 amide bonds. The zero-order chi connectivity index (χ0) is 21.5. The van der Waals surface area contributed by atoms with E-state index in [9.17, 15) is 14.7 Å². The van der Waals surface area contributed by atoms with Crippen molar-refractivity contribution >= 4 is 5.97 Å². The number of benzene rings is 2. The van der Waals surface area contributed by atoms with E-state index in [1.54, 1.807) is 28.8 Å². The van der Waals surface area contributed by atoms with Crippen LogP contribution in [0.25, 0.3) is 0 Å². The number of phenolic OH excluding ortho intramolecular Hbond substituents is 1. The Morgan fingerprint density at radius 1 is 1.00 bits per heavy atom. The first-order valence-electron chi connectivity index (χ1n) is 10.1. The van der Waals surface area contributed by atoms with E-state index in [4.69, 9.17) is 14.2 Å². The van der Waals surface area contributed by atoms with Crippen LogP contribution in [-0.4, -0.2) is 22.4 Å². The van der Waals surface area contributed by atoms with Crippen molar-refractivity contribution in [2.24, 2.45) is 0 Å². The fourth-order valence-corrected chi connectivity index (χ4v) is 4.19. The molecule has 2 aromatic carbocycles. The van der Waals surface area contributed by atoms with E-state index < -0.39 is 5.92 Å². The number of fused-ring (bicyclic) bond motifs is 2. The molecule has 5 rings (SSSR count). The Hall–Kier alpha value is -3.74. The number of nitrogens with zero attached hydrogens (tertiary/aromatic N) is 1. The zero-order valence-corrected chi connectivity index (χ0v) is 17.0. The third-order valence-electron chi connectivity index (χ3n) is 5.81. The number of esters is 1. The molecule has 1 aromatic heterocycles. The van der Waals surface area contributed by atoms with E-state index in [1.165, 1.54) is 0 Å². The van der Waals surface area contributed by atoms with Crippen molar-refractivity contribution in [2.45, 2.75) is 32.2 Å². The SMILES string of the molecule is Cc1cc2c(c(=O)n1CCc1ccc(O)cc1)C(c1ccc3c(c1)OCO3)CC(=O)O2. The van der Waals surface area contributed by atoms with E-state index in [1.807, 2.05) is 31.2 Å². The van der Waals surface area contributed by atoms with Gasteiger partial charge in [-0.3, -0.25) is 9.59 Å². The minimum absolute atomic E-state index is 0.0862. The Kier molecular flexibility index (Phi) is 4.66. The van der Waals surface area contributed by atoms with Gasteiger partial charge in [-0.25, -0.2) is 0 Å². The molecule has 1 unspecified atom stereocenters. The maximum absolute atomic E-state index is 13.5. The Morgan fingerprint density at radius 2 is 1.77 bits per heavy atom.